The Hall–Kier alpha value is -1.87. The summed E-state index contributed by atoms with van der Waals surface area (Å²) in [6.07, 6.45) is 0.790. The van der Waals surface area contributed by atoms with Crippen molar-refractivity contribution in [1.82, 2.24) is 0 Å². The second-order valence-corrected chi connectivity index (χ2v) is 3.60. The van der Waals surface area contributed by atoms with Crippen molar-refractivity contribution in [3.8, 4) is 0 Å². The van der Waals surface area contributed by atoms with Gasteiger partial charge in [-0.3, -0.25) is 4.79 Å². The summed E-state index contributed by atoms with van der Waals surface area (Å²) in [7, 11) is 0. The highest BCUT2D eigenvalue weighted by molar-refractivity contribution is 6.78. The maximum Gasteiger partial charge on any atom is 0.358 e. The second-order valence-electron chi connectivity index (χ2n) is 3.60. The zero-order valence-corrected chi connectivity index (χ0v) is 8.71. The smallest absolute Gasteiger partial charge is 0.358 e. The van der Waals surface area contributed by atoms with Crippen molar-refractivity contribution in [2.24, 2.45) is 0 Å². The molecule has 0 saturated carbocycles. The van der Waals surface area contributed by atoms with Crippen LogP contribution in [0.3, 0.4) is 0 Å². The van der Waals surface area contributed by atoms with E-state index in [1.807, 2.05) is 30.3 Å². The van der Waals surface area contributed by atoms with Crippen molar-refractivity contribution in [2.75, 3.05) is 0 Å². The van der Waals surface area contributed by atoms with E-state index in [0.717, 1.165) is 17.2 Å². The van der Waals surface area contributed by atoms with Gasteiger partial charge < -0.3 is 5.02 Å². The number of aldehydes is 1. The third-order valence-corrected chi connectivity index (χ3v) is 2.50. The molecule has 0 atom stereocenters. The number of carbonyl (C=O) groups is 1. The van der Waals surface area contributed by atoms with E-state index in [0.29, 0.717) is 5.56 Å². The summed E-state index contributed by atoms with van der Waals surface area (Å²) in [5.74, 6) is 0. The summed E-state index contributed by atoms with van der Waals surface area (Å²) in [4.78, 5) is 10.5. The first-order valence-corrected chi connectivity index (χ1v) is 5.09. The summed E-state index contributed by atoms with van der Waals surface area (Å²) in [6, 6.07) is 16.4. The molecule has 2 rings (SSSR count). The predicted molar refractivity (Wildman–Crippen MR) is 65.5 cm³/mol. The van der Waals surface area contributed by atoms with Crippen LogP contribution >= 0.6 is 0 Å². The SMILES string of the molecule is O=Cc1ccc(B(O)c2ccccc2)cc1. The van der Waals surface area contributed by atoms with Crippen LogP contribution in [0, 0.1) is 0 Å². The topological polar surface area (TPSA) is 37.3 Å². The van der Waals surface area contributed by atoms with Crippen LogP contribution in [-0.4, -0.2) is 18.2 Å². The highest BCUT2D eigenvalue weighted by Gasteiger charge is 2.15. The van der Waals surface area contributed by atoms with E-state index in [-0.39, 0.29) is 0 Å². The molecule has 0 aliphatic heterocycles. The molecule has 0 radical (unpaired) electrons. The zero-order chi connectivity index (χ0) is 11.4. The van der Waals surface area contributed by atoms with Gasteiger partial charge in [0.1, 0.15) is 6.29 Å². The van der Waals surface area contributed by atoms with Crippen molar-refractivity contribution in [3.05, 3.63) is 60.2 Å². The van der Waals surface area contributed by atoms with Crippen molar-refractivity contribution in [1.29, 1.82) is 0 Å². The fraction of sp³-hybridized carbons (Fsp3) is 0. The Morgan fingerprint density at radius 1 is 0.875 bits per heavy atom. The number of carbonyl (C=O) groups excluding carboxylic acids is 1. The van der Waals surface area contributed by atoms with Crippen molar-refractivity contribution in [3.63, 3.8) is 0 Å². The molecule has 2 aromatic rings. The van der Waals surface area contributed by atoms with Crippen LogP contribution in [0.5, 0.6) is 0 Å². The summed E-state index contributed by atoms with van der Waals surface area (Å²) >= 11 is 0. The van der Waals surface area contributed by atoms with Crippen LogP contribution in [0.15, 0.2) is 54.6 Å². The third-order valence-electron chi connectivity index (χ3n) is 2.50. The van der Waals surface area contributed by atoms with E-state index >= 15 is 0 Å². The highest BCUT2D eigenvalue weighted by Crippen LogP contribution is 1.94. The lowest BCUT2D eigenvalue weighted by molar-refractivity contribution is 0.112. The number of hydrogen-bond donors (Lipinski definition) is 1. The normalized spacial score (nSPS) is 9.81. The minimum absolute atomic E-state index is 0.615. The molecule has 1 N–H and O–H groups in total. The molecule has 0 bridgehead atoms. The molecular formula is C13H11BO2. The largest absolute Gasteiger partial charge is 0.443 e. The molecule has 3 heteroatoms. The van der Waals surface area contributed by atoms with E-state index in [1.165, 1.54) is 0 Å². The summed E-state index contributed by atoms with van der Waals surface area (Å²) in [6.45, 7) is -0.637. The number of benzene rings is 2. The first kappa shape index (κ1) is 10.6. The summed E-state index contributed by atoms with van der Waals surface area (Å²) in [5.41, 5.74) is 2.25. The average Bonchev–Trinajstić information content (AvgIpc) is 2.39. The van der Waals surface area contributed by atoms with Crippen LogP contribution in [-0.2, 0) is 0 Å². The van der Waals surface area contributed by atoms with Gasteiger partial charge in [-0.25, -0.2) is 0 Å². The molecule has 0 aromatic heterocycles. The van der Waals surface area contributed by atoms with Gasteiger partial charge in [0, 0.05) is 5.56 Å². The fourth-order valence-electron chi connectivity index (χ4n) is 1.58. The summed E-state index contributed by atoms with van der Waals surface area (Å²) in [5, 5.41) is 10.1. The Labute approximate surface area is 94.7 Å². The first-order valence-electron chi connectivity index (χ1n) is 5.09. The highest BCUT2D eigenvalue weighted by atomic mass is 16.2. The molecular weight excluding hydrogens is 199 g/mol. The molecule has 16 heavy (non-hydrogen) atoms. The van der Waals surface area contributed by atoms with Crippen LogP contribution in [0.25, 0.3) is 0 Å². The van der Waals surface area contributed by atoms with Gasteiger partial charge in [-0.1, -0.05) is 54.6 Å². The fourth-order valence-corrected chi connectivity index (χ4v) is 1.58. The maximum atomic E-state index is 10.5. The van der Waals surface area contributed by atoms with Gasteiger partial charge in [-0.2, -0.15) is 0 Å². The Balaban J connectivity index is 2.27. The molecule has 0 unspecified atom stereocenters. The molecule has 78 valence electrons. The van der Waals surface area contributed by atoms with Crippen LogP contribution in [0.1, 0.15) is 10.4 Å². The number of rotatable bonds is 3. The molecule has 0 aliphatic rings. The molecule has 0 heterocycles. The Kier molecular flexibility index (Phi) is 3.17. The second kappa shape index (κ2) is 4.77. The molecule has 0 saturated heterocycles. The lowest BCUT2D eigenvalue weighted by Crippen LogP contribution is -2.42. The predicted octanol–water partition coefficient (Wildman–Crippen LogP) is 0.597. The lowest BCUT2D eigenvalue weighted by Gasteiger charge is -2.06. The Bertz CT molecular complexity index is 465. The van der Waals surface area contributed by atoms with Crippen LogP contribution in [0.4, 0.5) is 0 Å². The first-order chi connectivity index (χ1) is 7.81. The Morgan fingerprint density at radius 3 is 2.00 bits per heavy atom. The van der Waals surface area contributed by atoms with Crippen molar-refractivity contribution in [2.45, 2.75) is 0 Å². The van der Waals surface area contributed by atoms with E-state index in [9.17, 15) is 9.82 Å². The average molecular weight is 210 g/mol. The van der Waals surface area contributed by atoms with E-state index in [2.05, 4.69) is 0 Å². The molecule has 2 nitrogen and oxygen atoms in total. The summed E-state index contributed by atoms with van der Waals surface area (Å²) < 4.78 is 0. The van der Waals surface area contributed by atoms with Gasteiger partial charge in [0.15, 0.2) is 0 Å². The van der Waals surface area contributed by atoms with Crippen LogP contribution < -0.4 is 10.9 Å². The molecule has 0 fully saturated rings. The molecule has 0 amide bonds. The van der Waals surface area contributed by atoms with Crippen molar-refractivity contribution >= 4 is 24.1 Å². The van der Waals surface area contributed by atoms with Gasteiger partial charge in [0.25, 0.3) is 0 Å². The van der Waals surface area contributed by atoms with E-state index in [4.69, 9.17) is 0 Å². The van der Waals surface area contributed by atoms with Gasteiger partial charge >= 0.3 is 6.92 Å². The number of hydrogen-bond acceptors (Lipinski definition) is 2. The van der Waals surface area contributed by atoms with E-state index < -0.39 is 6.92 Å². The van der Waals surface area contributed by atoms with Gasteiger partial charge in [0.2, 0.25) is 0 Å². The van der Waals surface area contributed by atoms with Gasteiger partial charge in [-0.05, 0) is 10.9 Å². The minimum Gasteiger partial charge on any atom is -0.443 e. The van der Waals surface area contributed by atoms with Gasteiger partial charge in [0.05, 0.1) is 0 Å². The van der Waals surface area contributed by atoms with Crippen molar-refractivity contribution < 1.29 is 9.82 Å². The molecule has 2 aromatic carbocycles. The standard InChI is InChI=1S/C13H11BO2/c15-10-11-6-8-13(9-7-11)14(16)12-4-2-1-3-5-12/h1-10,16H. The molecule has 0 spiro atoms. The van der Waals surface area contributed by atoms with E-state index in [1.54, 1.807) is 24.3 Å². The van der Waals surface area contributed by atoms with Crippen LogP contribution in [0.2, 0.25) is 0 Å². The maximum absolute atomic E-state index is 10.5. The monoisotopic (exact) mass is 210 g/mol. The zero-order valence-electron chi connectivity index (χ0n) is 8.71. The quantitative estimate of drug-likeness (QED) is 0.594. The van der Waals surface area contributed by atoms with Gasteiger partial charge in [-0.15, -0.1) is 0 Å². The minimum atomic E-state index is -0.637. The lowest BCUT2D eigenvalue weighted by atomic mass is 9.56. The Morgan fingerprint density at radius 2 is 1.44 bits per heavy atom. The third kappa shape index (κ3) is 2.20. The molecule has 0 aliphatic carbocycles.